The van der Waals surface area contributed by atoms with E-state index in [0.717, 1.165) is 44.3 Å². The number of methoxy groups -OCH3 is 1. The van der Waals surface area contributed by atoms with E-state index in [1.807, 2.05) is 6.20 Å². The van der Waals surface area contributed by atoms with E-state index in [1.54, 1.807) is 18.0 Å². The predicted molar refractivity (Wildman–Crippen MR) is 84.4 cm³/mol. The van der Waals surface area contributed by atoms with Crippen molar-refractivity contribution in [2.45, 2.75) is 62.5 Å². The fourth-order valence-electron chi connectivity index (χ4n) is 3.91. The summed E-state index contributed by atoms with van der Waals surface area (Å²) in [6.07, 6.45) is 10.5. The van der Waals surface area contributed by atoms with E-state index in [-0.39, 0.29) is 5.60 Å². The minimum Gasteiger partial charge on any atom is -0.479 e. The molecule has 2 heterocycles. The lowest BCUT2D eigenvalue weighted by molar-refractivity contribution is -0.159. The summed E-state index contributed by atoms with van der Waals surface area (Å²) in [5.41, 5.74) is -0.0117. The van der Waals surface area contributed by atoms with Gasteiger partial charge in [0.2, 0.25) is 0 Å². The lowest BCUT2D eigenvalue weighted by Gasteiger charge is -2.46. The molecule has 1 saturated heterocycles. The van der Waals surface area contributed by atoms with Gasteiger partial charge in [0.15, 0.2) is 5.54 Å². The van der Waals surface area contributed by atoms with Crippen LogP contribution in [-0.2, 0) is 26.2 Å². The Hall–Kier alpha value is -1.40. The average Bonchev–Trinajstić information content (AvgIpc) is 3.04. The number of carboxylic acid groups (broad SMARTS) is 1. The van der Waals surface area contributed by atoms with Gasteiger partial charge in [0.05, 0.1) is 18.4 Å². The molecule has 2 fully saturated rings. The highest BCUT2D eigenvalue weighted by molar-refractivity contribution is 5.76. The van der Waals surface area contributed by atoms with Crippen LogP contribution in [0.25, 0.3) is 0 Å². The first-order valence-electron chi connectivity index (χ1n) is 8.51. The molecule has 2 aliphatic rings. The number of carbonyl (C=O) groups is 1. The third-order valence-corrected chi connectivity index (χ3v) is 5.49. The number of nitrogens with zero attached hydrogens (tertiary/aromatic N) is 2. The van der Waals surface area contributed by atoms with Gasteiger partial charge in [-0.1, -0.05) is 0 Å². The van der Waals surface area contributed by atoms with Crippen LogP contribution < -0.4 is 0 Å². The van der Waals surface area contributed by atoms with Crippen LogP contribution in [0, 0.1) is 0 Å². The Morgan fingerprint density at radius 3 is 2.74 bits per heavy atom. The summed E-state index contributed by atoms with van der Waals surface area (Å²) in [7, 11) is 1.66. The maximum Gasteiger partial charge on any atom is 0.331 e. The predicted octanol–water partition coefficient (Wildman–Crippen LogP) is 2.37. The molecule has 1 aliphatic heterocycles. The van der Waals surface area contributed by atoms with Gasteiger partial charge < -0.3 is 14.6 Å². The summed E-state index contributed by atoms with van der Waals surface area (Å²) in [6, 6.07) is 0. The highest BCUT2D eigenvalue weighted by Gasteiger charge is 2.50. The minimum atomic E-state index is -0.933. The van der Waals surface area contributed by atoms with Crippen molar-refractivity contribution in [2.75, 3.05) is 20.3 Å². The third-order valence-electron chi connectivity index (χ3n) is 5.49. The van der Waals surface area contributed by atoms with Gasteiger partial charge in [0.25, 0.3) is 0 Å². The second-order valence-electron chi connectivity index (χ2n) is 6.86. The molecular weight excluding hydrogens is 296 g/mol. The summed E-state index contributed by atoms with van der Waals surface area (Å²) in [5, 5.41) is 14.2. The molecule has 6 heteroatoms. The van der Waals surface area contributed by atoms with Crippen molar-refractivity contribution in [1.82, 2.24) is 9.78 Å². The molecule has 1 aliphatic carbocycles. The first-order chi connectivity index (χ1) is 11.1. The summed E-state index contributed by atoms with van der Waals surface area (Å²) >= 11 is 0. The zero-order chi connectivity index (χ0) is 16.3. The van der Waals surface area contributed by atoms with E-state index in [0.29, 0.717) is 19.4 Å². The maximum atomic E-state index is 12.0. The monoisotopic (exact) mass is 322 g/mol. The Labute approximate surface area is 136 Å². The van der Waals surface area contributed by atoms with Crippen LogP contribution in [-0.4, -0.2) is 46.8 Å². The van der Waals surface area contributed by atoms with Gasteiger partial charge >= 0.3 is 5.97 Å². The van der Waals surface area contributed by atoms with E-state index in [2.05, 4.69) is 5.10 Å². The molecule has 1 aromatic rings. The van der Waals surface area contributed by atoms with Crippen LogP contribution in [0.1, 0.15) is 50.5 Å². The molecule has 0 aromatic carbocycles. The molecule has 1 N–H and O–H groups in total. The largest absolute Gasteiger partial charge is 0.479 e. The van der Waals surface area contributed by atoms with E-state index < -0.39 is 11.5 Å². The number of aromatic nitrogens is 2. The van der Waals surface area contributed by atoms with Crippen molar-refractivity contribution >= 4 is 5.97 Å². The van der Waals surface area contributed by atoms with Crippen molar-refractivity contribution < 1.29 is 19.4 Å². The first-order valence-corrected chi connectivity index (χ1v) is 8.51. The quantitative estimate of drug-likeness (QED) is 0.901. The molecule has 1 spiro atoms. The van der Waals surface area contributed by atoms with E-state index in [9.17, 15) is 9.90 Å². The molecule has 3 rings (SSSR count). The fraction of sp³-hybridized carbons (Fsp3) is 0.765. The normalized spacial score (nSPS) is 31.3. The smallest absolute Gasteiger partial charge is 0.331 e. The number of hydrogen-bond acceptors (Lipinski definition) is 4. The van der Waals surface area contributed by atoms with Crippen molar-refractivity contribution in [3.8, 4) is 0 Å². The molecule has 128 valence electrons. The summed E-state index contributed by atoms with van der Waals surface area (Å²) in [6.45, 7) is 1.42. The number of hydrogen-bond donors (Lipinski definition) is 1. The standard InChI is InChI=1S/C17H26N2O4/c1-22-11-4-14-12-18-19(13-14)17(15(20)21)8-6-16(7-9-17)5-2-3-10-23-16/h12-13H,2-11H2,1H3,(H,20,21). The summed E-state index contributed by atoms with van der Waals surface area (Å²) < 4.78 is 12.8. The van der Waals surface area contributed by atoms with E-state index in [4.69, 9.17) is 9.47 Å². The fourth-order valence-corrected chi connectivity index (χ4v) is 3.91. The molecule has 0 atom stereocenters. The van der Waals surface area contributed by atoms with Crippen LogP contribution in [0.5, 0.6) is 0 Å². The third kappa shape index (κ3) is 3.15. The van der Waals surface area contributed by atoms with Gasteiger partial charge in [-0.05, 0) is 56.9 Å². The van der Waals surface area contributed by atoms with Crippen LogP contribution >= 0.6 is 0 Å². The molecule has 0 bridgehead atoms. The Kier molecular flexibility index (Phi) is 4.73. The van der Waals surface area contributed by atoms with E-state index in [1.165, 1.54) is 6.42 Å². The zero-order valence-corrected chi connectivity index (χ0v) is 13.8. The maximum absolute atomic E-state index is 12.0. The van der Waals surface area contributed by atoms with Crippen LogP contribution in [0.2, 0.25) is 0 Å². The van der Waals surface area contributed by atoms with Gasteiger partial charge in [-0.2, -0.15) is 5.10 Å². The molecule has 6 nitrogen and oxygen atoms in total. The molecule has 0 amide bonds. The number of carboxylic acids is 1. The van der Waals surface area contributed by atoms with Gasteiger partial charge in [0.1, 0.15) is 0 Å². The van der Waals surface area contributed by atoms with Gasteiger partial charge in [-0.15, -0.1) is 0 Å². The van der Waals surface area contributed by atoms with Gasteiger partial charge in [0, 0.05) is 19.9 Å². The second-order valence-corrected chi connectivity index (χ2v) is 6.86. The number of aliphatic carboxylic acids is 1. The molecule has 23 heavy (non-hydrogen) atoms. The summed E-state index contributed by atoms with van der Waals surface area (Å²) in [4.78, 5) is 12.0. The van der Waals surface area contributed by atoms with Crippen LogP contribution in [0.3, 0.4) is 0 Å². The Balaban J connectivity index is 1.76. The van der Waals surface area contributed by atoms with Crippen molar-refractivity contribution in [3.05, 3.63) is 18.0 Å². The van der Waals surface area contributed by atoms with Crippen molar-refractivity contribution in [3.63, 3.8) is 0 Å². The summed E-state index contributed by atoms with van der Waals surface area (Å²) in [5.74, 6) is -0.787. The minimum absolute atomic E-state index is 0.0940. The topological polar surface area (TPSA) is 73.6 Å². The molecular formula is C17H26N2O4. The lowest BCUT2D eigenvalue weighted by Crippen LogP contribution is -2.51. The number of ether oxygens (including phenoxy) is 2. The second kappa shape index (κ2) is 6.61. The molecule has 0 unspecified atom stereocenters. The van der Waals surface area contributed by atoms with Gasteiger partial charge in [-0.3, -0.25) is 4.68 Å². The zero-order valence-electron chi connectivity index (χ0n) is 13.8. The molecule has 0 radical (unpaired) electrons. The first kappa shape index (κ1) is 16.5. The lowest BCUT2D eigenvalue weighted by atomic mass is 9.71. The van der Waals surface area contributed by atoms with Crippen molar-refractivity contribution in [1.29, 1.82) is 0 Å². The molecule has 1 aromatic heterocycles. The van der Waals surface area contributed by atoms with Gasteiger partial charge in [-0.25, -0.2) is 4.79 Å². The number of rotatable bonds is 5. The SMILES string of the molecule is COCCc1cnn(C2(C(=O)O)CCC3(CCCCO3)CC2)c1. The highest BCUT2D eigenvalue weighted by atomic mass is 16.5. The van der Waals surface area contributed by atoms with Crippen LogP contribution in [0.4, 0.5) is 0 Å². The Morgan fingerprint density at radius 2 is 2.13 bits per heavy atom. The molecule has 1 saturated carbocycles. The average molecular weight is 322 g/mol. The van der Waals surface area contributed by atoms with E-state index >= 15 is 0 Å². The van der Waals surface area contributed by atoms with Crippen LogP contribution in [0.15, 0.2) is 12.4 Å². The van der Waals surface area contributed by atoms with Crippen molar-refractivity contribution in [2.24, 2.45) is 0 Å². The highest BCUT2D eigenvalue weighted by Crippen LogP contribution is 2.45. The Morgan fingerprint density at radius 1 is 1.35 bits per heavy atom. The Bertz CT molecular complexity index is 539.